The molecule has 0 aliphatic rings. The van der Waals surface area contributed by atoms with E-state index in [0.717, 1.165) is 4.90 Å². The van der Waals surface area contributed by atoms with Crippen molar-refractivity contribution in [3.8, 4) is 5.75 Å². The Morgan fingerprint density at radius 2 is 2.00 bits per heavy atom. The van der Waals surface area contributed by atoms with E-state index < -0.39 is 29.4 Å². The molecule has 0 bridgehead atoms. The molecule has 0 radical (unpaired) electrons. The van der Waals surface area contributed by atoms with Crippen LogP contribution in [0.5, 0.6) is 5.75 Å². The van der Waals surface area contributed by atoms with Gasteiger partial charge in [0.15, 0.2) is 12.4 Å². The second-order valence-electron chi connectivity index (χ2n) is 5.10. The van der Waals surface area contributed by atoms with E-state index in [9.17, 15) is 24.5 Å². The number of rotatable bonds is 9. The topological polar surface area (TPSA) is 139 Å². The standard InChI is InChI=1S/C15H19N3O7/c1-10(15(21)22)17(8-7-16-11(2)19)14(20)9-25-13-6-4-3-5-12(13)18(23)24/h3-6,10H,7-9H2,1-2H3,(H,16,19)(H,21,22). The average Bonchev–Trinajstić information content (AvgIpc) is 2.55. The number of carbonyl (C=O) groups excluding carboxylic acids is 2. The van der Waals surface area contributed by atoms with Gasteiger partial charge in [-0.1, -0.05) is 12.1 Å². The van der Waals surface area contributed by atoms with Gasteiger partial charge in [-0.25, -0.2) is 4.79 Å². The van der Waals surface area contributed by atoms with Crippen molar-refractivity contribution in [2.45, 2.75) is 19.9 Å². The molecule has 0 fully saturated rings. The Morgan fingerprint density at radius 1 is 1.36 bits per heavy atom. The maximum absolute atomic E-state index is 12.3. The number of carbonyl (C=O) groups is 3. The number of aliphatic carboxylic acids is 1. The fourth-order valence-electron chi connectivity index (χ4n) is 1.97. The van der Waals surface area contributed by atoms with E-state index in [4.69, 9.17) is 9.84 Å². The van der Waals surface area contributed by atoms with Gasteiger partial charge in [0.1, 0.15) is 6.04 Å². The molecule has 10 nitrogen and oxygen atoms in total. The Kier molecular flexibility index (Phi) is 7.32. The molecule has 1 aromatic carbocycles. The minimum atomic E-state index is -1.22. The Bertz CT molecular complexity index is 662. The molecule has 0 saturated heterocycles. The number of amides is 2. The van der Waals surface area contributed by atoms with Crippen LogP contribution in [0.1, 0.15) is 13.8 Å². The van der Waals surface area contributed by atoms with Crippen LogP contribution in [-0.2, 0) is 14.4 Å². The van der Waals surface area contributed by atoms with Crippen LogP contribution in [0.25, 0.3) is 0 Å². The minimum Gasteiger partial charge on any atom is -0.480 e. The summed E-state index contributed by atoms with van der Waals surface area (Å²) in [6.07, 6.45) is 0. The first kappa shape index (κ1) is 19.9. The summed E-state index contributed by atoms with van der Waals surface area (Å²) in [6.45, 7) is 2.09. The fourth-order valence-corrected chi connectivity index (χ4v) is 1.97. The van der Waals surface area contributed by atoms with Crippen molar-refractivity contribution in [3.63, 3.8) is 0 Å². The number of carboxylic acid groups (broad SMARTS) is 1. The number of benzene rings is 1. The van der Waals surface area contributed by atoms with Gasteiger partial charge in [0, 0.05) is 26.1 Å². The van der Waals surface area contributed by atoms with Crippen molar-refractivity contribution in [1.29, 1.82) is 0 Å². The van der Waals surface area contributed by atoms with Crippen LogP contribution in [-0.4, -0.2) is 58.5 Å². The predicted molar refractivity (Wildman–Crippen MR) is 86.1 cm³/mol. The molecule has 0 aliphatic heterocycles. The molecule has 2 N–H and O–H groups in total. The lowest BCUT2D eigenvalue weighted by molar-refractivity contribution is -0.385. The van der Waals surface area contributed by atoms with Gasteiger partial charge >= 0.3 is 11.7 Å². The fraction of sp³-hybridized carbons (Fsp3) is 0.400. The quantitative estimate of drug-likeness (QED) is 0.484. The average molecular weight is 353 g/mol. The molecular formula is C15H19N3O7. The zero-order chi connectivity index (χ0) is 19.0. The maximum Gasteiger partial charge on any atom is 0.326 e. The predicted octanol–water partition coefficient (Wildman–Crippen LogP) is 0.411. The van der Waals surface area contributed by atoms with Crippen molar-refractivity contribution in [1.82, 2.24) is 10.2 Å². The van der Waals surface area contributed by atoms with Gasteiger partial charge < -0.3 is 20.1 Å². The zero-order valence-corrected chi connectivity index (χ0v) is 13.8. The third-order valence-electron chi connectivity index (χ3n) is 3.28. The summed E-state index contributed by atoms with van der Waals surface area (Å²) < 4.78 is 5.19. The second-order valence-corrected chi connectivity index (χ2v) is 5.10. The van der Waals surface area contributed by atoms with Crippen molar-refractivity contribution in [2.75, 3.05) is 19.7 Å². The zero-order valence-electron chi connectivity index (χ0n) is 13.8. The third-order valence-corrected chi connectivity index (χ3v) is 3.28. The number of nitro benzene ring substituents is 1. The first-order valence-corrected chi connectivity index (χ1v) is 7.37. The minimum absolute atomic E-state index is 0.0356. The summed E-state index contributed by atoms with van der Waals surface area (Å²) in [5.41, 5.74) is -0.300. The number of ether oxygens (including phenoxy) is 1. The Labute approximate surface area is 143 Å². The molecule has 1 rings (SSSR count). The molecule has 1 unspecified atom stereocenters. The van der Waals surface area contributed by atoms with Crippen LogP contribution in [0.2, 0.25) is 0 Å². The maximum atomic E-state index is 12.3. The molecule has 1 atom stereocenters. The summed E-state index contributed by atoms with van der Waals surface area (Å²) in [5, 5.41) is 22.5. The molecule has 0 heterocycles. The highest BCUT2D eigenvalue weighted by Gasteiger charge is 2.26. The second kappa shape index (κ2) is 9.21. The van der Waals surface area contributed by atoms with Gasteiger partial charge in [0.05, 0.1) is 4.92 Å². The van der Waals surface area contributed by atoms with E-state index in [2.05, 4.69) is 5.32 Å². The number of para-hydroxylation sites is 2. The van der Waals surface area contributed by atoms with Crippen molar-refractivity contribution < 1.29 is 29.2 Å². The highest BCUT2D eigenvalue weighted by molar-refractivity contribution is 5.84. The number of hydrogen-bond donors (Lipinski definition) is 2. The SMILES string of the molecule is CC(=O)NCCN(C(=O)COc1ccccc1[N+](=O)[O-])C(C)C(=O)O. The number of nitrogens with zero attached hydrogens (tertiary/aromatic N) is 2. The number of carboxylic acids is 1. The summed E-state index contributed by atoms with van der Waals surface area (Å²) in [4.78, 5) is 45.6. The largest absolute Gasteiger partial charge is 0.480 e. The first-order chi connectivity index (χ1) is 11.7. The van der Waals surface area contributed by atoms with E-state index in [-0.39, 0.29) is 30.4 Å². The van der Waals surface area contributed by atoms with E-state index in [1.807, 2.05) is 0 Å². The van der Waals surface area contributed by atoms with Crippen molar-refractivity contribution >= 4 is 23.5 Å². The molecule has 1 aromatic rings. The summed E-state index contributed by atoms with van der Waals surface area (Å²) >= 11 is 0. The van der Waals surface area contributed by atoms with E-state index in [1.54, 1.807) is 0 Å². The summed E-state index contributed by atoms with van der Waals surface area (Å²) in [7, 11) is 0. The Hall–Kier alpha value is -3.17. The van der Waals surface area contributed by atoms with Gasteiger partial charge in [0.2, 0.25) is 5.91 Å². The molecular weight excluding hydrogens is 334 g/mol. The Morgan fingerprint density at radius 3 is 2.56 bits per heavy atom. The lowest BCUT2D eigenvalue weighted by Crippen LogP contribution is -2.48. The van der Waals surface area contributed by atoms with Crippen LogP contribution in [0.15, 0.2) is 24.3 Å². The highest BCUT2D eigenvalue weighted by Crippen LogP contribution is 2.25. The molecule has 0 saturated carbocycles. The smallest absolute Gasteiger partial charge is 0.326 e. The molecule has 25 heavy (non-hydrogen) atoms. The number of nitrogens with one attached hydrogen (secondary N) is 1. The normalized spacial score (nSPS) is 11.3. The molecule has 136 valence electrons. The number of hydrogen-bond acceptors (Lipinski definition) is 6. The van der Waals surface area contributed by atoms with E-state index >= 15 is 0 Å². The van der Waals surface area contributed by atoms with Gasteiger partial charge in [0.25, 0.3) is 5.91 Å². The monoisotopic (exact) mass is 353 g/mol. The van der Waals surface area contributed by atoms with Gasteiger partial charge in [-0.3, -0.25) is 19.7 Å². The van der Waals surface area contributed by atoms with Crippen LogP contribution in [0.4, 0.5) is 5.69 Å². The van der Waals surface area contributed by atoms with Gasteiger partial charge in [-0.05, 0) is 13.0 Å². The van der Waals surface area contributed by atoms with Crippen LogP contribution >= 0.6 is 0 Å². The molecule has 0 aliphatic carbocycles. The van der Waals surface area contributed by atoms with Crippen LogP contribution < -0.4 is 10.1 Å². The molecule has 0 aromatic heterocycles. The Balaban J connectivity index is 2.79. The molecule has 0 spiro atoms. The number of nitro groups is 1. The van der Waals surface area contributed by atoms with Crippen LogP contribution in [0.3, 0.4) is 0 Å². The molecule has 2 amide bonds. The lowest BCUT2D eigenvalue weighted by atomic mass is 10.2. The van der Waals surface area contributed by atoms with Gasteiger partial charge in [-0.15, -0.1) is 0 Å². The van der Waals surface area contributed by atoms with Crippen molar-refractivity contribution in [3.05, 3.63) is 34.4 Å². The van der Waals surface area contributed by atoms with Crippen molar-refractivity contribution in [2.24, 2.45) is 0 Å². The third kappa shape index (κ3) is 6.09. The van der Waals surface area contributed by atoms with Crippen LogP contribution in [0, 0.1) is 10.1 Å². The first-order valence-electron chi connectivity index (χ1n) is 7.37. The summed E-state index contributed by atoms with van der Waals surface area (Å²) in [5.74, 6) is -2.29. The van der Waals surface area contributed by atoms with Gasteiger partial charge in [-0.2, -0.15) is 0 Å². The lowest BCUT2D eigenvalue weighted by Gasteiger charge is -2.26. The molecule has 10 heteroatoms. The van der Waals surface area contributed by atoms with E-state index in [1.165, 1.54) is 38.1 Å². The summed E-state index contributed by atoms with van der Waals surface area (Å²) in [6, 6.07) is 4.40. The highest BCUT2D eigenvalue weighted by atomic mass is 16.6. The van der Waals surface area contributed by atoms with E-state index in [0.29, 0.717) is 0 Å².